The second-order valence-corrected chi connectivity index (χ2v) is 6.02. The molecule has 0 bridgehead atoms. The molecule has 11 heteroatoms. The average molecular weight is 404 g/mol. The van der Waals surface area contributed by atoms with Crippen LogP contribution in [0.3, 0.4) is 0 Å². The predicted molar refractivity (Wildman–Crippen MR) is 93.4 cm³/mol. The van der Waals surface area contributed by atoms with Gasteiger partial charge in [-0.3, -0.25) is 4.98 Å². The maximum Gasteiger partial charge on any atom is 0.434 e. The van der Waals surface area contributed by atoms with Gasteiger partial charge in [0.1, 0.15) is 0 Å². The average Bonchev–Trinajstić information content (AvgIpc) is 3.18. The topological polar surface area (TPSA) is 82.3 Å². The third-order valence-electron chi connectivity index (χ3n) is 3.78. The van der Waals surface area contributed by atoms with E-state index < -0.39 is 11.9 Å². The van der Waals surface area contributed by atoms with Crippen molar-refractivity contribution >= 4 is 11.6 Å². The Morgan fingerprint density at radius 1 is 0.964 bits per heavy atom. The molecule has 0 spiro atoms. The van der Waals surface area contributed by atoms with Crippen molar-refractivity contribution in [1.29, 1.82) is 0 Å². The fourth-order valence-corrected chi connectivity index (χ4v) is 2.64. The van der Waals surface area contributed by atoms with Crippen molar-refractivity contribution in [2.45, 2.75) is 6.18 Å². The Hall–Kier alpha value is -3.40. The quantitative estimate of drug-likeness (QED) is 0.516. The summed E-state index contributed by atoms with van der Waals surface area (Å²) in [4.78, 5) is 11.6. The zero-order valence-electron chi connectivity index (χ0n) is 13.8. The molecule has 0 amide bonds. The van der Waals surface area contributed by atoms with Gasteiger partial charge in [0, 0.05) is 29.2 Å². The molecule has 4 aromatic rings. The van der Waals surface area contributed by atoms with Gasteiger partial charge in [0.05, 0.1) is 11.3 Å². The van der Waals surface area contributed by atoms with Gasteiger partial charge in [-0.15, -0.1) is 5.10 Å². The van der Waals surface area contributed by atoms with Crippen LogP contribution in [0, 0.1) is 0 Å². The molecule has 0 unspecified atom stereocenters. The number of benzene rings is 1. The molecule has 7 nitrogen and oxygen atoms in total. The molecule has 28 heavy (non-hydrogen) atoms. The molecular weight excluding hydrogens is 395 g/mol. The van der Waals surface area contributed by atoms with E-state index in [1.165, 1.54) is 24.5 Å². The SMILES string of the molecule is FC(F)(F)c1nc(-c2ccncc2)ncc1-c1nnnn1-c1ccc(Cl)cc1. The van der Waals surface area contributed by atoms with E-state index in [0.29, 0.717) is 16.3 Å². The summed E-state index contributed by atoms with van der Waals surface area (Å²) in [6, 6.07) is 9.37. The monoisotopic (exact) mass is 403 g/mol. The molecule has 0 aliphatic rings. The predicted octanol–water partition coefficient (Wildman–Crippen LogP) is 3.85. The summed E-state index contributed by atoms with van der Waals surface area (Å²) in [7, 11) is 0. The zero-order valence-corrected chi connectivity index (χ0v) is 14.6. The van der Waals surface area contributed by atoms with Crippen LogP contribution in [0.2, 0.25) is 5.02 Å². The minimum Gasteiger partial charge on any atom is -0.265 e. The van der Waals surface area contributed by atoms with Gasteiger partial charge in [0.2, 0.25) is 0 Å². The van der Waals surface area contributed by atoms with Gasteiger partial charge in [0.15, 0.2) is 17.3 Å². The Bertz CT molecular complexity index is 1110. The Balaban J connectivity index is 1.87. The van der Waals surface area contributed by atoms with E-state index in [4.69, 9.17) is 11.6 Å². The minimum absolute atomic E-state index is 0.0796. The van der Waals surface area contributed by atoms with Crippen molar-refractivity contribution < 1.29 is 13.2 Å². The normalized spacial score (nSPS) is 11.6. The molecule has 0 aliphatic carbocycles. The molecular formula is C17H9ClF3N7. The van der Waals surface area contributed by atoms with Crippen LogP contribution in [0.1, 0.15) is 5.69 Å². The first-order chi connectivity index (χ1) is 13.4. The highest BCUT2D eigenvalue weighted by atomic mass is 35.5. The Labute approximate surface area is 160 Å². The first kappa shape index (κ1) is 18.0. The minimum atomic E-state index is -4.74. The van der Waals surface area contributed by atoms with Gasteiger partial charge in [0.25, 0.3) is 0 Å². The van der Waals surface area contributed by atoms with Gasteiger partial charge >= 0.3 is 6.18 Å². The van der Waals surface area contributed by atoms with E-state index in [-0.39, 0.29) is 17.2 Å². The molecule has 3 aromatic heterocycles. The Morgan fingerprint density at radius 2 is 1.68 bits per heavy atom. The van der Waals surface area contributed by atoms with Gasteiger partial charge in [-0.1, -0.05) is 11.6 Å². The highest BCUT2D eigenvalue weighted by Crippen LogP contribution is 2.36. The highest BCUT2D eigenvalue weighted by Gasteiger charge is 2.38. The second kappa shape index (κ2) is 6.97. The maximum atomic E-state index is 13.7. The Kier molecular flexibility index (Phi) is 4.47. The summed E-state index contributed by atoms with van der Waals surface area (Å²) in [5.41, 5.74) is -0.635. The number of hydrogen-bond acceptors (Lipinski definition) is 6. The fraction of sp³-hybridized carbons (Fsp3) is 0.0588. The first-order valence-corrected chi connectivity index (χ1v) is 8.20. The van der Waals surface area contributed by atoms with Crippen LogP contribution in [-0.4, -0.2) is 35.2 Å². The summed E-state index contributed by atoms with van der Waals surface area (Å²) in [6.45, 7) is 0. The van der Waals surface area contributed by atoms with Gasteiger partial charge in [-0.25, -0.2) is 9.97 Å². The van der Waals surface area contributed by atoms with Crippen LogP contribution in [0.15, 0.2) is 55.0 Å². The number of rotatable bonds is 3. The van der Waals surface area contributed by atoms with Crippen LogP contribution in [-0.2, 0) is 6.18 Å². The molecule has 3 heterocycles. The van der Waals surface area contributed by atoms with Gasteiger partial charge in [-0.05, 0) is 46.8 Å². The molecule has 0 N–H and O–H groups in total. The number of halogens is 4. The van der Waals surface area contributed by atoms with Crippen molar-refractivity contribution in [2.75, 3.05) is 0 Å². The molecule has 1 aromatic carbocycles. The molecule has 0 radical (unpaired) electrons. The number of hydrogen-bond donors (Lipinski definition) is 0. The number of pyridine rings is 1. The molecule has 4 rings (SSSR count). The molecule has 0 fully saturated rings. The summed E-state index contributed by atoms with van der Waals surface area (Å²) in [5, 5.41) is 11.5. The van der Waals surface area contributed by atoms with Crippen LogP contribution in [0.4, 0.5) is 13.2 Å². The standard InChI is InChI=1S/C17H9ClF3N7/c18-11-1-3-12(4-2-11)28-16(25-26-27-28)13-9-23-15(10-5-7-22-8-6-10)24-14(13)17(19,20)21/h1-9H. The lowest BCUT2D eigenvalue weighted by atomic mass is 10.1. The molecule has 140 valence electrons. The van der Waals surface area contributed by atoms with Crippen LogP contribution >= 0.6 is 11.6 Å². The number of alkyl halides is 3. The van der Waals surface area contributed by atoms with E-state index >= 15 is 0 Å². The third-order valence-corrected chi connectivity index (χ3v) is 4.03. The molecule has 0 saturated heterocycles. The summed E-state index contributed by atoms with van der Waals surface area (Å²) in [5.74, 6) is -0.222. The first-order valence-electron chi connectivity index (χ1n) is 7.83. The van der Waals surface area contributed by atoms with Crippen molar-refractivity contribution in [3.05, 3.63) is 65.7 Å². The summed E-state index contributed by atoms with van der Waals surface area (Å²) in [6.07, 6.45) is -0.789. The van der Waals surface area contributed by atoms with Gasteiger partial charge in [-0.2, -0.15) is 17.9 Å². The number of nitrogens with zero attached hydrogens (tertiary/aromatic N) is 7. The molecule has 0 saturated carbocycles. The maximum absolute atomic E-state index is 13.7. The highest BCUT2D eigenvalue weighted by molar-refractivity contribution is 6.30. The lowest BCUT2D eigenvalue weighted by Gasteiger charge is -2.13. The zero-order chi connectivity index (χ0) is 19.7. The van der Waals surface area contributed by atoms with E-state index in [9.17, 15) is 13.2 Å². The summed E-state index contributed by atoms with van der Waals surface area (Å²) < 4.78 is 42.3. The van der Waals surface area contributed by atoms with E-state index in [1.807, 2.05) is 0 Å². The number of tetrazole rings is 1. The van der Waals surface area contributed by atoms with Crippen molar-refractivity contribution in [1.82, 2.24) is 35.2 Å². The van der Waals surface area contributed by atoms with Crippen molar-refractivity contribution in [3.8, 4) is 28.5 Å². The van der Waals surface area contributed by atoms with Gasteiger partial charge < -0.3 is 0 Å². The van der Waals surface area contributed by atoms with Crippen molar-refractivity contribution in [2.24, 2.45) is 0 Å². The lowest BCUT2D eigenvalue weighted by Crippen LogP contribution is -2.13. The van der Waals surface area contributed by atoms with E-state index in [0.717, 1.165) is 10.9 Å². The third kappa shape index (κ3) is 3.41. The lowest BCUT2D eigenvalue weighted by molar-refractivity contribution is -0.140. The molecule has 0 atom stereocenters. The Morgan fingerprint density at radius 3 is 2.36 bits per heavy atom. The van der Waals surface area contributed by atoms with Crippen molar-refractivity contribution in [3.63, 3.8) is 0 Å². The largest absolute Gasteiger partial charge is 0.434 e. The second-order valence-electron chi connectivity index (χ2n) is 5.58. The van der Waals surface area contributed by atoms with E-state index in [2.05, 4.69) is 30.5 Å². The van der Waals surface area contributed by atoms with Crippen LogP contribution in [0.5, 0.6) is 0 Å². The summed E-state index contributed by atoms with van der Waals surface area (Å²) >= 11 is 5.86. The smallest absolute Gasteiger partial charge is 0.265 e. The van der Waals surface area contributed by atoms with Crippen LogP contribution in [0.25, 0.3) is 28.5 Å². The molecule has 0 aliphatic heterocycles. The van der Waals surface area contributed by atoms with E-state index in [1.54, 1.807) is 24.3 Å². The number of aromatic nitrogens is 7. The fourth-order valence-electron chi connectivity index (χ4n) is 2.51. The van der Waals surface area contributed by atoms with Crippen LogP contribution < -0.4 is 0 Å².